The first-order valence-electron chi connectivity index (χ1n) is 8.39. The van der Waals surface area contributed by atoms with Gasteiger partial charge in [0.05, 0.1) is 6.54 Å². The molecular weight excluding hydrogens is 443 g/mol. The van der Waals surface area contributed by atoms with Crippen molar-refractivity contribution >= 4 is 29.9 Å². The van der Waals surface area contributed by atoms with Gasteiger partial charge in [-0.25, -0.2) is 0 Å². The lowest BCUT2D eigenvalue weighted by Crippen LogP contribution is -2.37. The summed E-state index contributed by atoms with van der Waals surface area (Å²) in [6.45, 7) is 2.82. The summed E-state index contributed by atoms with van der Waals surface area (Å²) in [5, 5.41) is 6.53. The first kappa shape index (κ1) is 22.2. The van der Waals surface area contributed by atoms with Crippen LogP contribution >= 0.6 is 24.0 Å². The normalized spacial score (nSPS) is 10.9. The molecule has 1 aromatic carbocycles. The fourth-order valence-electron chi connectivity index (χ4n) is 2.38. The standard InChI is InChI=1S/C19H26N4O2.HI/c1-20-19(21-11-5-13-25-2)22-14-16-7-9-17(10-8-16)15-23-12-4-3-6-18(23)24;/h3-4,6-10,12H,5,11,13-15H2,1-2H3,(H2,20,21,22);1H. The zero-order chi connectivity index (χ0) is 17.9. The highest BCUT2D eigenvalue weighted by molar-refractivity contribution is 14.0. The fourth-order valence-corrected chi connectivity index (χ4v) is 2.38. The number of nitrogens with zero attached hydrogens (tertiary/aromatic N) is 2. The maximum Gasteiger partial charge on any atom is 0.250 e. The fraction of sp³-hybridized carbons (Fsp3) is 0.368. The van der Waals surface area contributed by atoms with Gasteiger partial charge in [-0.2, -0.15) is 0 Å². The van der Waals surface area contributed by atoms with Crippen LogP contribution in [0.3, 0.4) is 0 Å². The zero-order valence-electron chi connectivity index (χ0n) is 15.3. The second kappa shape index (κ2) is 12.5. The number of hydrogen-bond donors (Lipinski definition) is 2. The van der Waals surface area contributed by atoms with Crippen LogP contribution in [-0.4, -0.2) is 37.8 Å². The molecule has 0 spiro atoms. The number of ether oxygens (including phenoxy) is 1. The van der Waals surface area contributed by atoms with Crippen LogP contribution in [0.5, 0.6) is 0 Å². The minimum atomic E-state index is 0. The van der Waals surface area contributed by atoms with Crippen LogP contribution < -0.4 is 16.2 Å². The molecule has 2 aromatic rings. The molecule has 1 aromatic heterocycles. The van der Waals surface area contributed by atoms with Crippen LogP contribution in [0, 0.1) is 0 Å². The number of aromatic nitrogens is 1. The summed E-state index contributed by atoms with van der Waals surface area (Å²) in [6.07, 6.45) is 2.74. The van der Waals surface area contributed by atoms with E-state index in [-0.39, 0.29) is 29.5 Å². The van der Waals surface area contributed by atoms with Gasteiger partial charge in [-0.3, -0.25) is 9.79 Å². The van der Waals surface area contributed by atoms with E-state index in [2.05, 4.69) is 27.8 Å². The number of guanidine groups is 1. The van der Waals surface area contributed by atoms with Gasteiger partial charge in [0.1, 0.15) is 0 Å². The molecule has 2 rings (SSSR count). The first-order chi connectivity index (χ1) is 12.2. The van der Waals surface area contributed by atoms with E-state index in [1.54, 1.807) is 37.1 Å². The van der Waals surface area contributed by atoms with Crippen molar-refractivity contribution in [3.05, 3.63) is 70.1 Å². The average molecular weight is 470 g/mol. The highest BCUT2D eigenvalue weighted by atomic mass is 127. The molecular formula is C19H27IN4O2. The van der Waals surface area contributed by atoms with E-state index in [0.717, 1.165) is 36.7 Å². The number of nitrogens with one attached hydrogen (secondary N) is 2. The molecule has 0 aliphatic heterocycles. The molecule has 1 heterocycles. The molecule has 0 amide bonds. The number of hydrogen-bond acceptors (Lipinski definition) is 3. The lowest BCUT2D eigenvalue weighted by Gasteiger charge is -2.12. The first-order valence-corrected chi connectivity index (χ1v) is 8.39. The average Bonchev–Trinajstić information content (AvgIpc) is 2.64. The molecule has 142 valence electrons. The van der Waals surface area contributed by atoms with Crippen molar-refractivity contribution in [3.8, 4) is 0 Å². The third kappa shape index (κ3) is 7.57. The quantitative estimate of drug-likeness (QED) is 0.269. The van der Waals surface area contributed by atoms with Crippen molar-refractivity contribution in [3.63, 3.8) is 0 Å². The highest BCUT2D eigenvalue weighted by Crippen LogP contribution is 2.05. The van der Waals surface area contributed by atoms with Crippen molar-refractivity contribution in [1.29, 1.82) is 0 Å². The third-order valence-electron chi connectivity index (χ3n) is 3.78. The largest absolute Gasteiger partial charge is 0.385 e. The van der Waals surface area contributed by atoms with E-state index in [1.807, 2.05) is 18.2 Å². The molecule has 7 heteroatoms. The van der Waals surface area contributed by atoms with Gasteiger partial charge in [0.25, 0.3) is 5.56 Å². The summed E-state index contributed by atoms with van der Waals surface area (Å²) in [4.78, 5) is 16.0. The van der Waals surface area contributed by atoms with Crippen LogP contribution in [0.2, 0.25) is 0 Å². The second-order valence-corrected chi connectivity index (χ2v) is 5.68. The molecule has 0 radical (unpaired) electrons. The minimum absolute atomic E-state index is 0. The van der Waals surface area contributed by atoms with Gasteiger partial charge in [-0.15, -0.1) is 24.0 Å². The summed E-state index contributed by atoms with van der Waals surface area (Å²) in [5.74, 6) is 0.774. The van der Waals surface area contributed by atoms with Crippen molar-refractivity contribution in [1.82, 2.24) is 15.2 Å². The second-order valence-electron chi connectivity index (χ2n) is 5.68. The highest BCUT2D eigenvalue weighted by Gasteiger charge is 2.00. The van der Waals surface area contributed by atoms with Crippen LogP contribution in [0.25, 0.3) is 0 Å². The molecule has 0 aliphatic carbocycles. The Morgan fingerprint density at radius 2 is 1.85 bits per heavy atom. The Kier molecular flexibility index (Phi) is 10.6. The lowest BCUT2D eigenvalue weighted by molar-refractivity contribution is 0.195. The summed E-state index contributed by atoms with van der Waals surface area (Å²) in [7, 11) is 3.46. The Morgan fingerprint density at radius 1 is 1.12 bits per heavy atom. The molecule has 0 saturated heterocycles. The maximum atomic E-state index is 11.8. The van der Waals surface area contributed by atoms with E-state index in [0.29, 0.717) is 13.1 Å². The van der Waals surface area contributed by atoms with E-state index < -0.39 is 0 Å². The molecule has 26 heavy (non-hydrogen) atoms. The summed E-state index contributed by atoms with van der Waals surface area (Å²) in [5.41, 5.74) is 2.26. The molecule has 0 saturated carbocycles. The predicted octanol–water partition coefficient (Wildman–Crippen LogP) is 2.22. The van der Waals surface area contributed by atoms with Crippen molar-refractivity contribution in [2.45, 2.75) is 19.5 Å². The third-order valence-corrected chi connectivity index (χ3v) is 3.78. The van der Waals surface area contributed by atoms with Crippen molar-refractivity contribution in [2.24, 2.45) is 4.99 Å². The Morgan fingerprint density at radius 3 is 2.50 bits per heavy atom. The van der Waals surface area contributed by atoms with Crippen LogP contribution in [-0.2, 0) is 17.8 Å². The van der Waals surface area contributed by atoms with Crippen LogP contribution in [0.1, 0.15) is 17.5 Å². The smallest absolute Gasteiger partial charge is 0.250 e. The van der Waals surface area contributed by atoms with Gasteiger partial charge >= 0.3 is 0 Å². The van der Waals surface area contributed by atoms with Crippen LogP contribution in [0.4, 0.5) is 0 Å². The molecule has 0 aliphatic rings. The number of halogens is 1. The van der Waals surface area contributed by atoms with Gasteiger partial charge in [0, 0.05) is 46.1 Å². The van der Waals surface area contributed by atoms with E-state index in [9.17, 15) is 4.79 Å². The Bertz CT molecular complexity index is 729. The summed E-state index contributed by atoms with van der Waals surface area (Å²) in [6, 6.07) is 13.4. The number of rotatable bonds is 8. The summed E-state index contributed by atoms with van der Waals surface area (Å²) < 4.78 is 6.72. The van der Waals surface area contributed by atoms with E-state index in [1.165, 1.54) is 0 Å². The van der Waals surface area contributed by atoms with Crippen molar-refractivity contribution in [2.75, 3.05) is 27.3 Å². The topological polar surface area (TPSA) is 67.7 Å². The predicted molar refractivity (Wildman–Crippen MR) is 116 cm³/mol. The van der Waals surface area contributed by atoms with Gasteiger partial charge in [-0.05, 0) is 23.6 Å². The number of benzene rings is 1. The number of methoxy groups -OCH3 is 1. The number of aliphatic imine (C=N–C) groups is 1. The SMILES string of the molecule is CN=C(NCCCOC)NCc1ccc(Cn2ccccc2=O)cc1.I. The van der Waals surface area contributed by atoms with Crippen molar-refractivity contribution < 1.29 is 4.74 Å². The van der Waals surface area contributed by atoms with E-state index >= 15 is 0 Å². The molecule has 6 nitrogen and oxygen atoms in total. The molecule has 0 bridgehead atoms. The molecule has 0 atom stereocenters. The number of pyridine rings is 1. The lowest BCUT2D eigenvalue weighted by atomic mass is 10.1. The minimum Gasteiger partial charge on any atom is -0.385 e. The molecule has 0 unspecified atom stereocenters. The van der Waals surface area contributed by atoms with Gasteiger partial charge in [0.2, 0.25) is 0 Å². The Hall–Kier alpha value is -1.87. The van der Waals surface area contributed by atoms with Gasteiger partial charge in [-0.1, -0.05) is 30.3 Å². The maximum absolute atomic E-state index is 11.8. The van der Waals surface area contributed by atoms with E-state index in [4.69, 9.17) is 4.74 Å². The van der Waals surface area contributed by atoms with Crippen LogP contribution in [0.15, 0.2) is 58.4 Å². The monoisotopic (exact) mass is 470 g/mol. The molecule has 2 N–H and O–H groups in total. The van der Waals surface area contributed by atoms with Gasteiger partial charge in [0.15, 0.2) is 5.96 Å². The Balaban J connectivity index is 0.00000338. The zero-order valence-corrected chi connectivity index (χ0v) is 17.6. The molecule has 0 fully saturated rings. The Labute approximate surface area is 171 Å². The van der Waals surface area contributed by atoms with Gasteiger partial charge < -0.3 is 19.9 Å². The summed E-state index contributed by atoms with van der Waals surface area (Å²) >= 11 is 0.